The van der Waals surface area contributed by atoms with Gasteiger partial charge in [0.2, 0.25) is 0 Å². The molecule has 0 spiro atoms. The number of hydrogen-bond donors (Lipinski definition) is 1. The molecule has 1 unspecified atom stereocenters. The largest absolute Gasteiger partial charge is 0.396 e. The maximum Gasteiger partial charge on any atom is 0.150 e. The van der Waals surface area contributed by atoms with Gasteiger partial charge in [-0.3, -0.25) is 4.68 Å². The van der Waals surface area contributed by atoms with E-state index in [1.165, 1.54) is 25.0 Å². The monoisotopic (exact) mass is 393 g/mol. The van der Waals surface area contributed by atoms with Crippen LogP contribution in [-0.4, -0.2) is 42.9 Å². The first-order chi connectivity index (χ1) is 14.3. The summed E-state index contributed by atoms with van der Waals surface area (Å²) in [7, 11) is 0. The third-order valence-electron chi connectivity index (χ3n) is 6.73. The van der Waals surface area contributed by atoms with Gasteiger partial charge in [0, 0.05) is 30.9 Å². The Morgan fingerprint density at radius 3 is 2.79 bits per heavy atom. The quantitative estimate of drug-likeness (QED) is 0.713. The second-order valence-electron chi connectivity index (χ2n) is 8.87. The topological polar surface area (TPSA) is 78.0 Å². The molecule has 0 bridgehead atoms. The molecule has 1 atom stereocenters. The van der Waals surface area contributed by atoms with E-state index in [9.17, 15) is 5.11 Å². The number of aliphatic hydroxyl groups excluding tert-OH is 1. The first-order valence-electron chi connectivity index (χ1n) is 11.0. The highest BCUT2D eigenvalue weighted by atomic mass is 16.5. The number of rotatable bonds is 5. The zero-order valence-electron chi connectivity index (χ0n) is 16.6. The van der Waals surface area contributed by atoms with E-state index in [0.717, 1.165) is 54.6 Å². The molecule has 152 valence electrons. The van der Waals surface area contributed by atoms with Crippen molar-refractivity contribution in [2.24, 2.45) is 5.92 Å². The molecule has 29 heavy (non-hydrogen) atoms. The van der Waals surface area contributed by atoms with E-state index >= 15 is 0 Å². The lowest BCUT2D eigenvalue weighted by Crippen LogP contribution is -2.29. The Morgan fingerprint density at radius 2 is 2.03 bits per heavy atom. The first-order valence-corrected chi connectivity index (χ1v) is 11.0. The van der Waals surface area contributed by atoms with Gasteiger partial charge in [0.25, 0.3) is 0 Å². The van der Waals surface area contributed by atoms with E-state index in [1.54, 1.807) is 0 Å². The van der Waals surface area contributed by atoms with E-state index in [4.69, 9.17) is 14.8 Å². The molecular weight excluding hydrogens is 366 g/mol. The molecule has 3 aromatic heterocycles. The number of pyridine rings is 1. The molecule has 6 rings (SSSR count). The van der Waals surface area contributed by atoms with Crippen molar-refractivity contribution in [1.29, 1.82) is 0 Å². The van der Waals surface area contributed by atoms with Gasteiger partial charge < -0.3 is 9.84 Å². The Hall–Kier alpha value is -2.25. The standard InChI is InChI=1S/C22H27N5O2/c28-13-14-9-16(10-14)26-12-17(22(25-26)15-4-5-15)18-6-7-20-19(24-18)11-23-27(20)21-3-1-2-8-29-21/h6-7,11-12,14-16,21,28H,1-5,8-10,13H2/t14-,16-,21?. The molecule has 1 aliphatic heterocycles. The number of nitrogens with zero attached hydrogens (tertiary/aromatic N) is 5. The molecule has 0 radical (unpaired) electrons. The Labute approximate surface area is 169 Å². The Balaban J connectivity index is 1.33. The van der Waals surface area contributed by atoms with Crippen LogP contribution in [0.1, 0.15) is 68.8 Å². The lowest BCUT2D eigenvalue weighted by atomic mass is 9.81. The molecule has 7 heteroatoms. The number of hydrogen-bond acceptors (Lipinski definition) is 5. The summed E-state index contributed by atoms with van der Waals surface area (Å²) in [5.41, 5.74) is 5.27. The molecular formula is C22H27N5O2. The van der Waals surface area contributed by atoms with Crippen LogP contribution in [-0.2, 0) is 4.74 Å². The fourth-order valence-corrected chi connectivity index (χ4v) is 4.75. The van der Waals surface area contributed by atoms with Gasteiger partial charge in [0.1, 0.15) is 5.52 Å². The van der Waals surface area contributed by atoms with Gasteiger partial charge >= 0.3 is 0 Å². The normalized spacial score (nSPS) is 27.3. The molecule has 1 saturated heterocycles. The first kappa shape index (κ1) is 17.6. The lowest BCUT2D eigenvalue weighted by Gasteiger charge is -2.34. The maximum atomic E-state index is 9.33. The van der Waals surface area contributed by atoms with E-state index in [2.05, 4.69) is 28.1 Å². The van der Waals surface area contributed by atoms with Crippen LogP contribution in [0.25, 0.3) is 22.3 Å². The van der Waals surface area contributed by atoms with Crippen LogP contribution in [0.3, 0.4) is 0 Å². The minimum atomic E-state index is 0.0248. The third-order valence-corrected chi connectivity index (χ3v) is 6.73. The summed E-state index contributed by atoms with van der Waals surface area (Å²) in [6.07, 6.45) is 11.8. The summed E-state index contributed by atoms with van der Waals surface area (Å²) in [6.45, 7) is 1.09. The summed E-state index contributed by atoms with van der Waals surface area (Å²) in [5, 5.41) is 18.9. The van der Waals surface area contributed by atoms with Crippen LogP contribution >= 0.6 is 0 Å². The Bertz CT molecular complexity index is 1030. The molecule has 0 amide bonds. The second-order valence-corrected chi connectivity index (χ2v) is 8.87. The van der Waals surface area contributed by atoms with Gasteiger partial charge in [0.15, 0.2) is 6.23 Å². The van der Waals surface area contributed by atoms with E-state index in [0.29, 0.717) is 17.9 Å². The summed E-state index contributed by atoms with van der Waals surface area (Å²) < 4.78 is 10.0. The van der Waals surface area contributed by atoms with Gasteiger partial charge in [-0.2, -0.15) is 10.2 Å². The highest BCUT2D eigenvalue weighted by Crippen LogP contribution is 2.45. The molecule has 4 heterocycles. The van der Waals surface area contributed by atoms with Crippen molar-refractivity contribution in [3.05, 3.63) is 30.2 Å². The van der Waals surface area contributed by atoms with Crippen molar-refractivity contribution >= 4 is 11.0 Å². The van der Waals surface area contributed by atoms with Crippen molar-refractivity contribution in [1.82, 2.24) is 24.5 Å². The average Bonchev–Trinajstić information content (AvgIpc) is 3.34. The van der Waals surface area contributed by atoms with Gasteiger partial charge in [-0.05, 0) is 63.0 Å². The predicted octanol–water partition coefficient (Wildman–Crippen LogP) is 3.81. The van der Waals surface area contributed by atoms with Crippen molar-refractivity contribution < 1.29 is 9.84 Å². The van der Waals surface area contributed by atoms with Crippen LogP contribution in [0.5, 0.6) is 0 Å². The van der Waals surface area contributed by atoms with Crippen molar-refractivity contribution in [2.75, 3.05) is 13.2 Å². The zero-order chi connectivity index (χ0) is 19.4. The molecule has 3 fully saturated rings. The van der Waals surface area contributed by atoms with Crippen LogP contribution in [0.15, 0.2) is 24.5 Å². The Morgan fingerprint density at radius 1 is 1.14 bits per heavy atom. The third kappa shape index (κ3) is 3.07. The van der Waals surface area contributed by atoms with Crippen LogP contribution in [0, 0.1) is 5.92 Å². The van der Waals surface area contributed by atoms with Crippen molar-refractivity contribution in [2.45, 2.75) is 63.1 Å². The predicted molar refractivity (Wildman–Crippen MR) is 108 cm³/mol. The number of fused-ring (bicyclic) bond motifs is 1. The molecule has 1 N–H and O–H groups in total. The zero-order valence-corrected chi connectivity index (χ0v) is 16.6. The summed E-state index contributed by atoms with van der Waals surface area (Å²) in [6, 6.07) is 4.64. The minimum absolute atomic E-state index is 0.0248. The summed E-state index contributed by atoms with van der Waals surface area (Å²) in [5.74, 6) is 0.996. The van der Waals surface area contributed by atoms with Gasteiger partial charge in [-0.25, -0.2) is 9.67 Å². The van der Waals surface area contributed by atoms with Crippen LogP contribution in [0.4, 0.5) is 0 Å². The SMILES string of the molecule is OC[C@H]1C[C@H](n2cc(-c3ccc4c(cnn4C4CCCCO4)n3)c(C3CC3)n2)C1. The fraction of sp³-hybridized carbons (Fsp3) is 0.591. The summed E-state index contributed by atoms with van der Waals surface area (Å²) >= 11 is 0. The van der Waals surface area contributed by atoms with Gasteiger partial charge in [0.05, 0.1) is 29.1 Å². The van der Waals surface area contributed by atoms with Crippen LogP contribution in [0.2, 0.25) is 0 Å². The van der Waals surface area contributed by atoms with E-state index < -0.39 is 0 Å². The molecule has 0 aromatic carbocycles. The number of aliphatic hydroxyl groups is 1. The van der Waals surface area contributed by atoms with E-state index in [-0.39, 0.29) is 12.8 Å². The molecule has 3 aliphatic rings. The maximum absolute atomic E-state index is 9.33. The second kappa shape index (κ2) is 6.92. The molecule has 7 nitrogen and oxygen atoms in total. The highest BCUT2D eigenvalue weighted by Gasteiger charge is 2.35. The average molecular weight is 393 g/mol. The molecule has 3 aromatic rings. The molecule has 2 saturated carbocycles. The fourth-order valence-electron chi connectivity index (χ4n) is 4.75. The Kier molecular flexibility index (Phi) is 4.20. The summed E-state index contributed by atoms with van der Waals surface area (Å²) in [4.78, 5) is 4.95. The number of aromatic nitrogens is 5. The minimum Gasteiger partial charge on any atom is -0.396 e. The lowest BCUT2D eigenvalue weighted by molar-refractivity contribution is -0.0366. The molecule has 2 aliphatic carbocycles. The van der Waals surface area contributed by atoms with Crippen LogP contribution < -0.4 is 0 Å². The van der Waals surface area contributed by atoms with Gasteiger partial charge in [-0.1, -0.05) is 0 Å². The number of ether oxygens (including phenoxy) is 1. The highest BCUT2D eigenvalue weighted by molar-refractivity contribution is 5.78. The smallest absolute Gasteiger partial charge is 0.150 e. The van der Waals surface area contributed by atoms with E-state index in [1.807, 2.05) is 10.9 Å². The van der Waals surface area contributed by atoms with Crippen molar-refractivity contribution in [3.8, 4) is 11.3 Å². The van der Waals surface area contributed by atoms with Crippen molar-refractivity contribution in [3.63, 3.8) is 0 Å². The van der Waals surface area contributed by atoms with Gasteiger partial charge in [-0.15, -0.1) is 0 Å².